The van der Waals surface area contributed by atoms with Gasteiger partial charge in [0.2, 0.25) is 11.8 Å². The Morgan fingerprint density at radius 2 is 1.75 bits per heavy atom. The Morgan fingerprint density at radius 1 is 1.10 bits per heavy atom. The number of hydrogen-bond donors (Lipinski definition) is 2. The number of alkyl halides is 3. The van der Waals surface area contributed by atoms with Crippen LogP contribution in [0.25, 0.3) is 0 Å². The van der Waals surface area contributed by atoms with Crippen LogP contribution in [-0.4, -0.2) is 71.1 Å². The van der Waals surface area contributed by atoms with Gasteiger partial charge in [0, 0.05) is 25.8 Å². The fourth-order valence-corrected chi connectivity index (χ4v) is 5.58. The SMILES string of the molecule is CC(C)[C@@H](Nc1cc(C(F)(F)F)ccc1F)C(=O)N1CCC2(CC1)C(=O)N(C)CN2c1ccc(C(=O)O)c(Cl)c1. The summed E-state index contributed by atoms with van der Waals surface area (Å²) in [5.41, 5.74) is -1.95. The molecule has 2 aromatic carbocycles. The molecule has 0 radical (unpaired) electrons. The first-order valence-electron chi connectivity index (χ1n) is 12.6. The number of carbonyl (C=O) groups excluding carboxylic acids is 2. The molecule has 2 aliphatic heterocycles. The van der Waals surface area contributed by atoms with Crippen LogP contribution < -0.4 is 10.2 Å². The lowest BCUT2D eigenvalue weighted by atomic mass is 9.85. The molecule has 0 saturated carbocycles. The number of likely N-dealkylation sites (N-methyl/N-ethyl adjacent to an activating group) is 1. The summed E-state index contributed by atoms with van der Waals surface area (Å²) in [6.07, 6.45) is -4.17. The van der Waals surface area contributed by atoms with Gasteiger partial charge in [-0.3, -0.25) is 9.59 Å². The van der Waals surface area contributed by atoms with Gasteiger partial charge in [-0.05, 0) is 55.2 Å². The quantitative estimate of drug-likeness (QED) is 0.468. The topological polar surface area (TPSA) is 93.2 Å². The van der Waals surface area contributed by atoms with Crippen molar-refractivity contribution in [1.82, 2.24) is 9.80 Å². The Balaban J connectivity index is 1.54. The lowest BCUT2D eigenvalue weighted by Gasteiger charge is -2.44. The molecule has 2 aromatic rings. The van der Waals surface area contributed by atoms with Crippen molar-refractivity contribution in [1.29, 1.82) is 0 Å². The predicted molar refractivity (Wildman–Crippen MR) is 141 cm³/mol. The number of carbonyl (C=O) groups is 3. The molecule has 0 aliphatic carbocycles. The average Bonchev–Trinajstić information content (AvgIpc) is 3.12. The third-order valence-electron chi connectivity index (χ3n) is 7.55. The number of nitrogens with one attached hydrogen (secondary N) is 1. The number of amides is 2. The van der Waals surface area contributed by atoms with Gasteiger partial charge >= 0.3 is 12.1 Å². The number of anilines is 2. The van der Waals surface area contributed by atoms with Crippen LogP contribution in [0, 0.1) is 11.7 Å². The zero-order valence-corrected chi connectivity index (χ0v) is 22.8. The van der Waals surface area contributed by atoms with Crippen molar-refractivity contribution in [3.8, 4) is 0 Å². The summed E-state index contributed by atoms with van der Waals surface area (Å²) in [6.45, 7) is 3.99. The zero-order chi connectivity index (χ0) is 29.6. The highest BCUT2D eigenvalue weighted by atomic mass is 35.5. The maximum absolute atomic E-state index is 14.4. The number of aromatic carboxylic acids is 1. The molecule has 4 rings (SSSR count). The Kier molecular flexibility index (Phi) is 7.94. The normalized spacial score (nSPS) is 18.0. The number of nitrogens with zero attached hydrogens (tertiary/aromatic N) is 3. The maximum atomic E-state index is 14.4. The number of rotatable bonds is 6. The fraction of sp³-hybridized carbons (Fsp3) is 0.444. The zero-order valence-electron chi connectivity index (χ0n) is 22.1. The molecule has 40 heavy (non-hydrogen) atoms. The van der Waals surface area contributed by atoms with Gasteiger partial charge in [0.1, 0.15) is 17.4 Å². The first-order valence-corrected chi connectivity index (χ1v) is 13.0. The molecule has 216 valence electrons. The molecule has 2 saturated heterocycles. The van der Waals surface area contributed by atoms with Gasteiger partial charge in [-0.1, -0.05) is 25.4 Å². The standard InChI is InChI=1S/C27H29ClF4N4O4/c1-15(2)22(33-21-12-16(27(30,31)32)4-7-20(21)29)23(37)35-10-8-26(9-11-35)25(40)34(3)14-36(26)17-5-6-18(24(38)39)19(28)13-17/h4-7,12-13,15,22,33H,8-11,14H2,1-3H3,(H,38,39)/t22-/m1/s1. The highest BCUT2D eigenvalue weighted by Gasteiger charge is 2.53. The van der Waals surface area contributed by atoms with Crippen molar-refractivity contribution in [3.05, 3.63) is 58.4 Å². The third-order valence-corrected chi connectivity index (χ3v) is 7.86. The average molecular weight is 585 g/mol. The van der Waals surface area contributed by atoms with E-state index >= 15 is 0 Å². The van der Waals surface area contributed by atoms with Crippen molar-refractivity contribution in [2.45, 2.75) is 44.4 Å². The maximum Gasteiger partial charge on any atom is 0.416 e. The molecule has 1 atom stereocenters. The first kappa shape index (κ1) is 29.4. The molecule has 0 aromatic heterocycles. The molecule has 2 amide bonds. The lowest BCUT2D eigenvalue weighted by Crippen LogP contribution is -2.59. The minimum Gasteiger partial charge on any atom is -0.478 e. The van der Waals surface area contributed by atoms with Crippen LogP contribution in [-0.2, 0) is 15.8 Å². The summed E-state index contributed by atoms with van der Waals surface area (Å²) in [5.74, 6) is -3.04. The Morgan fingerprint density at radius 3 is 2.30 bits per heavy atom. The highest BCUT2D eigenvalue weighted by Crippen LogP contribution is 2.40. The van der Waals surface area contributed by atoms with Gasteiger partial charge in [0.05, 0.1) is 28.5 Å². The van der Waals surface area contributed by atoms with Crippen LogP contribution in [0.3, 0.4) is 0 Å². The van der Waals surface area contributed by atoms with Crippen molar-refractivity contribution in [3.63, 3.8) is 0 Å². The molecule has 0 unspecified atom stereocenters. The van der Waals surface area contributed by atoms with E-state index in [2.05, 4.69) is 5.32 Å². The van der Waals surface area contributed by atoms with E-state index in [1.807, 2.05) is 4.90 Å². The van der Waals surface area contributed by atoms with Crippen LogP contribution in [0.4, 0.5) is 28.9 Å². The monoisotopic (exact) mass is 584 g/mol. The van der Waals surface area contributed by atoms with Gasteiger partial charge in [0.15, 0.2) is 0 Å². The molecular weight excluding hydrogens is 556 g/mol. The van der Waals surface area contributed by atoms with Gasteiger partial charge in [-0.25, -0.2) is 9.18 Å². The van der Waals surface area contributed by atoms with Gasteiger partial charge in [0.25, 0.3) is 0 Å². The molecule has 13 heteroatoms. The minimum absolute atomic E-state index is 0.0300. The number of carboxylic acid groups (broad SMARTS) is 1. The molecule has 2 heterocycles. The largest absolute Gasteiger partial charge is 0.478 e. The summed E-state index contributed by atoms with van der Waals surface area (Å²) >= 11 is 6.19. The van der Waals surface area contributed by atoms with Crippen LogP contribution >= 0.6 is 11.6 Å². The molecular formula is C27H29ClF4N4O4. The molecule has 2 N–H and O–H groups in total. The van der Waals surface area contributed by atoms with Crippen LogP contribution in [0.2, 0.25) is 5.02 Å². The Bertz CT molecular complexity index is 1330. The predicted octanol–water partition coefficient (Wildman–Crippen LogP) is 4.93. The summed E-state index contributed by atoms with van der Waals surface area (Å²) in [5, 5.41) is 12.0. The van der Waals surface area contributed by atoms with Gasteiger partial charge in [-0.15, -0.1) is 0 Å². The number of piperidine rings is 1. The summed E-state index contributed by atoms with van der Waals surface area (Å²) in [7, 11) is 1.65. The van der Waals surface area contributed by atoms with Crippen molar-refractivity contribution in [2.24, 2.45) is 5.92 Å². The van der Waals surface area contributed by atoms with E-state index in [0.29, 0.717) is 23.9 Å². The Hall–Kier alpha value is -3.54. The number of benzene rings is 2. The summed E-state index contributed by atoms with van der Waals surface area (Å²) in [4.78, 5) is 43.2. The minimum atomic E-state index is -4.67. The van der Waals surface area contributed by atoms with E-state index in [0.717, 1.165) is 0 Å². The molecule has 2 fully saturated rings. The third kappa shape index (κ3) is 5.41. The van der Waals surface area contributed by atoms with E-state index in [9.17, 15) is 37.1 Å². The molecule has 0 bridgehead atoms. The van der Waals surface area contributed by atoms with Crippen molar-refractivity contribution in [2.75, 3.05) is 37.0 Å². The first-order chi connectivity index (χ1) is 18.7. The van der Waals surface area contributed by atoms with Crippen LogP contribution in [0.5, 0.6) is 0 Å². The lowest BCUT2D eigenvalue weighted by molar-refractivity contribution is -0.138. The second kappa shape index (κ2) is 10.8. The van der Waals surface area contributed by atoms with Crippen LogP contribution in [0.1, 0.15) is 42.6 Å². The second-order valence-corrected chi connectivity index (χ2v) is 10.9. The van der Waals surface area contributed by atoms with Gasteiger partial charge < -0.3 is 25.1 Å². The highest BCUT2D eigenvalue weighted by molar-refractivity contribution is 6.33. The number of carboxylic acids is 1. The molecule has 8 nitrogen and oxygen atoms in total. The molecule has 1 spiro atoms. The number of halogens is 5. The van der Waals surface area contributed by atoms with E-state index < -0.39 is 46.7 Å². The van der Waals surface area contributed by atoms with Crippen molar-refractivity contribution < 1.29 is 37.1 Å². The van der Waals surface area contributed by atoms with E-state index in [-0.39, 0.29) is 55.0 Å². The Labute approximate surface area is 233 Å². The molecule has 2 aliphatic rings. The van der Waals surface area contributed by atoms with Gasteiger partial charge in [-0.2, -0.15) is 13.2 Å². The van der Waals surface area contributed by atoms with E-state index in [1.165, 1.54) is 17.0 Å². The second-order valence-electron chi connectivity index (χ2n) is 10.5. The fourth-order valence-electron chi connectivity index (χ4n) is 5.33. The number of hydrogen-bond acceptors (Lipinski definition) is 5. The van der Waals surface area contributed by atoms with E-state index in [1.54, 1.807) is 31.9 Å². The van der Waals surface area contributed by atoms with Crippen LogP contribution in [0.15, 0.2) is 36.4 Å². The number of likely N-dealkylation sites (tertiary alicyclic amines) is 1. The summed E-state index contributed by atoms with van der Waals surface area (Å²) < 4.78 is 54.0. The summed E-state index contributed by atoms with van der Waals surface area (Å²) in [6, 6.07) is 5.45. The van der Waals surface area contributed by atoms with Crippen molar-refractivity contribution >= 4 is 40.8 Å². The van der Waals surface area contributed by atoms with E-state index in [4.69, 9.17) is 11.6 Å². The smallest absolute Gasteiger partial charge is 0.416 e.